The van der Waals surface area contributed by atoms with Crippen LogP contribution in [-0.2, 0) is 6.42 Å². The number of amides is 2. The normalized spacial score (nSPS) is 16.6. The van der Waals surface area contributed by atoms with Crippen LogP contribution in [0.25, 0.3) is 11.4 Å². The van der Waals surface area contributed by atoms with Gasteiger partial charge in [0.25, 0.3) is 0 Å². The minimum Gasteiger partial charge on any atom is -0.339 e. The Labute approximate surface area is 170 Å². The average molecular weight is 390 g/mol. The zero-order valence-corrected chi connectivity index (χ0v) is 16.9. The molecule has 1 atom stereocenters. The maximum absolute atomic E-state index is 12.8. The van der Waals surface area contributed by atoms with E-state index in [1.165, 1.54) is 0 Å². The van der Waals surface area contributed by atoms with Crippen molar-refractivity contribution in [3.63, 3.8) is 0 Å². The summed E-state index contributed by atoms with van der Waals surface area (Å²) in [6.07, 6.45) is 2.73. The molecule has 2 amide bonds. The molecule has 0 radical (unpaired) electrons. The van der Waals surface area contributed by atoms with Crippen molar-refractivity contribution in [2.45, 2.75) is 39.0 Å². The number of rotatable bonds is 4. The van der Waals surface area contributed by atoms with E-state index in [-0.39, 0.29) is 11.9 Å². The van der Waals surface area contributed by atoms with Gasteiger partial charge in [-0.2, -0.15) is 4.98 Å². The van der Waals surface area contributed by atoms with E-state index in [1.54, 1.807) is 0 Å². The second-order valence-corrected chi connectivity index (χ2v) is 7.55. The van der Waals surface area contributed by atoms with Crippen molar-refractivity contribution in [2.75, 3.05) is 18.4 Å². The number of aromatic nitrogens is 2. The van der Waals surface area contributed by atoms with E-state index < -0.39 is 0 Å². The zero-order chi connectivity index (χ0) is 20.2. The Bertz CT molecular complexity index is 998. The predicted molar refractivity (Wildman–Crippen MR) is 113 cm³/mol. The van der Waals surface area contributed by atoms with Gasteiger partial charge in [-0.1, -0.05) is 54.0 Å². The van der Waals surface area contributed by atoms with Crippen LogP contribution < -0.4 is 5.32 Å². The van der Waals surface area contributed by atoms with Crippen molar-refractivity contribution >= 4 is 11.7 Å². The lowest BCUT2D eigenvalue weighted by Gasteiger charge is -2.31. The van der Waals surface area contributed by atoms with Crippen LogP contribution in [0.2, 0.25) is 0 Å². The first-order valence-electron chi connectivity index (χ1n) is 10.2. The van der Waals surface area contributed by atoms with Crippen molar-refractivity contribution in [1.82, 2.24) is 15.0 Å². The summed E-state index contributed by atoms with van der Waals surface area (Å²) in [5.41, 5.74) is 4.11. The zero-order valence-electron chi connectivity index (χ0n) is 16.9. The van der Waals surface area contributed by atoms with E-state index in [4.69, 9.17) is 4.52 Å². The molecule has 0 spiro atoms. The molecule has 6 nitrogen and oxygen atoms in total. The fourth-order valence-electron chi connectivity index (χ4n) is 3.81. The molecule has 1 unspecified atom stereocenters. The number of nitrogens with zero attached hydrogens (tertiary/aromatic N) is 3. The molecule has 0 bridgehead atoms. The Morgan fingerprint density at radius 3 is 2.93 bits per heavy atom. The summed E-state index contributed by atoms with van der Waals surface area (Å²) in [6.45, 7) is 5.44. The van der Waals surface area contributed by atoms with Gasteiger partial charge in [0.05, 0.1) is 5.92 Å². The number of benzene rings is 2. The lowest BCUT2D eigenvalue weighted by atomic mass is 9.98. The van der Waals surface area contributed by atoms with E-state index in [2.05, 4.69) is 22.4 Å². The number of urea groups is 1. The molecule has 1 fully saturated rings. The molecule has 1 N–H and O–H groups in total. The molecule has 2 aromatic carbocycles. The Morgan fingerprint density at radius 1 is 1.24 bits per heavy atom. The third-order valence-corrected chi connectivity index (χ3v) is 5.42. The van der Waals surface area contributed by atoms with Gasteiger partial charge in [0.2, 0.25) is 11.7 Å². The summed E-state index contributed by atoms with van der Waals surface area (Å²) in [6, 6.07) is 15.9. The summed E-state index contributed by atoms with van der Waals surface area (Å²) >= 11 is 0. The van der Waals surface area contributed by atoms with Gasteiger partial charge < -0.3 is 14.7 Å². The highest BCUT2D eigenvalue weighted by Gasteiger charge is 2.29. The number of nitrogens with one attached hydrogen (secondary N) is 1. The first-order chi connectivity index (χ1) is 14.1. The number of hydrogen-bond donors (Lipinski definition) is 1. The summed E-state index contributed by atoms with van der Waals surface area (Å²) in [5, 5.41) is 7.22. The van der Waals surface area contributed by atoms with E-state index >= 15 is 0 Å². The van der Waals surface area contributed by atoms with Gasteiger partial charge in [0.1, 0.15) is 0 Å². The molecule has 4 rings (SSSR count). The lowest BCUT2D eigenvalue weighted by Crippen LogP contribution is -2.41. The molecule has 1 aliphatic rings. The van der Waals surface area contributed by atoms with Crippen LogP contribution in [0.15, 0.2) is 53.1 Å². The van der Waals surface area contributed by atoms with Gasteiger partial charge in [0.15, 0.2) is 0 Å². The first-order valence-corrected chi connectivity index (χ1v) is 10.2. The van der Waals surface area contributed by atoms with E-state index in [1.807, 2.05) is 60.4 Å². The number of para-hydroxylation sites is 1. The SMILES string of the molecule is CCc1ccccc1NC(=O)N1CCCC(c2nc(-c3cccc(C)c3)no2)C1. The van der Waals surface area contributed by atoms with Crippen LogP contribution in [0.4, 0.5) is 10.5 Å². The second-order valence-electron chi connectivity index (χ2n) is 7.55. The molecule has 1 saturated heterocycles. The van der Waals surface area contributed by atoms with E-state index in [0.717, 1.165) is 48.2 Å². The molecule has 1 aliphatic heterocycles. The lowest BCUT2D eigenvalue weighted by molar-refractivity contribution is 0.184. The highest BCUT2D eigenvalue weighted by atomic mass is 16.5. The molecule has 6 heteroatoms. The van der Waals surface area contributed by atoms with Gasteiger partial charge in [-0.05, 0) is 43.9 Å². The fourth-order valence-corrected chi connectivity index (χ4v) is 3.81. The molecule has 0 saturated carbocycles. The summed E-state index contributed by atoms with van der Waals surface area (Å²) in [4.78, 5) is 19.3. The number of carbonyl (C=O) groups is 1. The van der Waals surface area contributed by atoms with Crippen LogP contribution in [0, 0.1) is 6.92 Å². The highest BCUT2D eigenvalue weighted by molar-refractivity contribution is 5.90. The van der Waals surface area contributed by atoms with Crippen LogP contribution in [0.1, 0.15) is 42.7 Å². The van der Waals surface area contributed by atoms with Crippen LogP contribution in [0.5, 0.6) is 0 Å². The molecule has 3 aromatic rings. The summed E-state index contributed by atoms with van der Waals surface area (Å²) in [7, 11) is 0. The van der Waals surface area contributed by atoms with E-state index in [9.17, 15) is 4.79 Å². The molecular formula is C23H26N4O2. The number of piperidine rings is 1. The minimum absolute atomic E-state index is 0.0574. The van der Waals surface area contributed by atoms with Gasteiger partial charge in [-0.15, -0.1) is 0 Å². The van der Waals surface area contributed by atoms with Gasteiger partial charge in [-0.3, -0.25) is 0 Å². The Kier molecular flexibility index (Phi) is 5.60. The molecule has 29 heavy (non-hydrogen) atoms. The maximum atomic E-state index is 12.8. The minimum atomic E-state index is -0.0750. The summed E-state index contributed by atoms with van der Waals surface area (Å²) in [5.74, 6) is 1.26. The number of anilines is 1. The largest absolute Gasteiger partial charge is 0.339 e. The third-order valence-electron chi connectivity index (χ3n) is 5.42. The average Bonchev–Trinajstić information content (AvgIpc) is 3.25. The molecule has 150 valence electrons. The van der Waals surface area contributed by atoms with Crippen LogP contribution in [0.3, 0.4) is 0 Å². The van der Waals surface area contributed by atoms with Crippen molar-refractivity contribution in [2.24, 2.45) is 0 Å². The van der Waals surface area contributed by atoms with Crippen LogP contribution in [-0.4, -0.2) is 34.2 Å². The Hall–Kier alpha value is -3.15. The molecule has 2 heterocycles. The standard InChI is InChI=1S/C23H26N4O2/c1-3-17-9-4-5-12-20(17)24-23(28)27-13-7-11-19(15-27)22-25-21(26-29-22)18-10-6-8-16(2)14-18/h4-6,8-10,12,14,19H,3,7,11,13,15H2,1-2H3,(H,24,28). The smallest absolute Gasteiger partial charge is 0.321 e. The molecular weight excluding hydrogens is 364 g/mol. The van der Waals surface area contributed by atoms with Crippen molar-refractivity contribution in [3.8, 4) is 11.4 Å². The summed E-state index contributed by atoms with van der Waals surface area (Å²) < 4.78 is 5.56. The number of likely N-dealkylation sites (tertiary alicyclic amines) is 1. The van der Waals surface area contributed by atoms with Gasteiger partial charge >= 0.3 is 6.03 Å². The van der Waals surface area contributed by atoms with Crippen molar-refractivity contribution < 1.29 is 9.32 Å². The maximum Gasteiger partial charge on any atom is 0.321 e. The number of carbonyl (C=O) groups excluding carboxylic acids is 1. The van der Waals surface area contributed by atoms with Crippen molar-refractivity contribution in [3.05, 3.63) is 65.5 Å². The topological polar surface area (TPSA) is 71.3 Å². The fraction of sp³-hybridized carbons (Fsp3) is 0.348. The number of aryl methyl sites for hydroxylation is 2. The van der Waals surface area contributed by atoms with E-state index in [0.29, 0.717) is 18.3 Å². The second kappa shape index (κ2) is 8.47. The monoisotopic (exact) mass is 390 g/mol. The molecule has 0 aliphatic carbocycles. The quantitative estimate of drug-likeness (QED) is 0.679. The number of hydrogen-bond acceptors (Lipinski definition) is 4. The van der Waals surface area contributed by atoms with Crippen LogP contribution >= 0.6 is 0 Å². The van der Waals surface area contributed by atoms with Gasteiger partial charge in [0, 0.05) is 24.3 Å². The Balaban J connectivity index is 1.45. The predicted octanol–water partition coefficient (Wildman–Crippen LogP) is 5.02. The Morgan fingerprint density at radius 2 is 2.10 bits per heavy atom. The first kappa shape index (κ1) is 19.2. The van der Waals surface area contributed by atoms with Crippen molar-refractivity contribution in [1.29, 1.82) is 0 Å². The highest BCUT2D eigenvalue weighted by Crippen LogP contribution is 2.28. The molecule has 1 aromatic heterocycles. The van der Waals surface area contributed by atoms with Gasteiger partial charge in [-0.25, -0.2) is 4.79 Å². The third kappa shape index (κ3) is 4.31.